The molecule has 0 aliphatic carbocycles. The molecule has 0 aliphatic rings. The van der Waals surface area contributed by atoms with Crippen molar-refractivity contribution in [2.75, 3.05) is 24.5 Å². The van der Waals surface area contributed by atoms with Gasteiger partial charge in [0.2, 0.25) is 5.95 Å². The van der Waals surface area contributed by atoms with E-state index in [9.17, 15) is 0 Å². The van der Waals surface area contributed by atoms with Crippen LogP contribution in [0.15, 0.2) is 6.07 Å². The zero-order valence-electron chi connectivity index (χ0n) is 11.4. The summed E-state index contributed by atoms with van der Waals surface area (Å²) in [7, 11) is 0. The average molecular weight is 236 g/mol. The first-order valence-electron chi connectivity index (χ1n) is 6.30. The molecule has 1 rings (SSSR count). The van der Waals surface area contributed by atoms with Crippen LogP contribution in [0.3, 0.4) is 0 Å². The molecule has 1 aromatic heterocycles. The van der Waals surface area contributed by atoms with Gasteiger partial charge in [-0.2, -0.15) is 0 Å². The fourth-order valence-corrected chi connectivity index (χ4v) is 1.84. The van der Waals surface area contributed by atoms with Crippen LogP contribution >= 0.6 is 0 Å². The predicted octanol–water partition coefficient (Wildman–Crippen LogP) is 1.90. The van der Waals surface area contributed by atoms with Crippen LogP contribution in [0.1, 0.15) is 31.7 Å². The Morgan fingerprint density at radius 3 is 2.29 bits per heavy atom. The van der Waals surface area contributed by atoms with Crippen molar-refractivity contribution in [2.24, 2.45) is 11.7 Å². The van der Waals surface area contributed by atoms with Gasteiger partial charge in [0.05, 0.1) is 0 Å². The summed E-state index contributed by atoms with van der Waals surface area (Å²) in [4.78, 5) is 11.3. The molecule has 0 atom stereocenters. The van der Waals surface area contributed by atoms with Gasteiger partial charge in [-0.05, 0) is 38.8 Å². The van der Waals surface area contributed by atoms with Crippen molar-refractivity contribution >= 4 is 5.95 Å². The molecule has 96 valence electrons. The van der Waals surface area contributed by atoms with Crippen LogP contribution in [0.4, 0.5) is 5.95 Å². The molecule has 0 aromatic carbocycles. The summed E-state index contributed by atoms with van der Waals surface area (Å²) >= 11 is 0. The van der Waals surface area contributed by atoms with Crippen molar-refractivity contribution in [3.8, 4) is 0 Å². The molecular weight excluding hydrogens is 212 g/mol. The number of rotatable bonds is 6. The average Bonchev–Trinajstić information content (AvgIpc) is 2.22. The molecule has 0 saturated heterocycles. The molecule has 0 radical (unpaired) electrons. The molecule has 4 nitrogen and oxygen atoms in total. The highest BCUT2D eigenvalue weighted by Gasteiger charge is 2.11. The van der Waals surface area contributed by atoms with E-state index in [0.29, 0.717) is 12.5 Å². The largest absolute Gasteiger partial charge is 0.341 e. The van der Waals surface area contributed by atoms with Gasteiger partial charge in [0, 0.05) is 24.5 Å². The van der Waals surface area contributed by atoms with E-state index in [-0.39, 0.29) is 0 Å². The lowest BCUT2D eigenvalue weighted by atomic mass is 10.2. The van der Waals surface area contributed by atoms with Crippen LogP contribution < -0.4 is 10.6 Å². The maximum atomic E-state index is 5.58. The number of hydrogen-bond acceptors (Lipinski definition) is 4. The van der Waals surface area contributed by atoms with E-state index in [1.54, 1.807) is 0 Å². The molecule has 0 unspecified atom stereocenters. The van der Waals surface area contributed by atoms with E-state index >= 15 is 0 Å². The first-order chi connectivity index (χ1) is 8.02. The van der Waals surface area contributed by atoms with E-state index < -0.39 is 0 Å². The fraction of sp³-hybridized carbons (Fsp3) is 0.692. The van der Waals surface area contributed by atoms with Crippen LogP contribution in [0, 0.1) is 19.8 Å². The number of aromatic nitrogens is 2. The zero-order valence-corrected chi connectivity index (χ0v) is 11.4. The lowest BCUT2D eigenvalue weighted by Crippen LogP contribution is -2.31. The molecule has 17 heavy (non-hydrogen) atoms. The van der Waals surface area contributed by atoms with Gasteiger partial charge in [0.25, 0.3) is 0 Å². The number of aryl methyl sites for hydroxylation is 2. The van der Waals surface area contributed by atoms with Gasteiger partial charge >= 0.3 is 0 Å². The monoisotopic (exact) mass is 236 g/mol. The molecule has 0 fully saturated rings. The summed E-state index contributed by atoms with van der Waals surface area (Å²) in [5.41, 5.74) is 7.62. The smallest absolute Gasteiger partial charge is 0.225 e. The van der Waals surface area contributed by atoms with E-state index in [1.165, 1.54) is 0 Å². The minimum Gasteiger partial charge on any atom is -0.341 e. The standard InChI is InChI=1S/C13H24N4/c1-10(2)9-17(7-5-6-14)13-15-11(3)8-12(4)16-13/h8,10H,5-7,9,14H2,1-4H3. The van der Waals surface area contributed by atoms with Crippen molar-refractivity contribution in [2.45, 2.75) is 34.1 Å². The van der Waals surface area contributed by atoms with Gasteiger partial charge in [-0.25, -0.2) is 9.97 Å². The highest BCUT2D eigenvalue weighted by Crippen LogP contribution is 2.12. The Balaban J connectivity index is 2.86. The Morgan fingerprint density at radius 1 is 1.24 bits per heavy atom. The minimum absolute atomic E-state index is 0.595. The number of hydrogen-bond donors (Lipinski definition) is 1. The van der Waals surface area contributed by atoms with Crippen molar-refractivity contribution in [3.05, 3.63) is 17.5 Å². The number of nitrogens with two attached hydrogens (primary N) is 1. The topological polar surface area (TPSA) is 55.0 Å². The Kier molecular flexibility index (Phi) is 5.35. The molecule has 2 N–H and O–H groups in total. The predicted molar refractivity (Wildman–Crippen MR) is 72.2 cm³/mol. The van der Waals surface area contributed by atoms with E-state index in [0.717, 1.165) is 36.8 Å². The number of nitrogens with zero attached hydrogens (tertiary/aromatic N) is 3. The van der Waals surface area contributed by atoms with Crippen molar-refractivity contribution in [3.63, 3.8) is 0 Å². The molecule has 1 heterocycles. The Bertz CT molecular complexity index is 329. The van der Waals surface area contributed by atoms with Gasteiger partial charge < -0.3 is 10.6 Å². The van der Waals surface area contributed by atoms with Gasteiger partial charge in [0.1, 0.15) is 0 Å². The van der Waals surface area contributed by atoms with Gasteiger partial charge in [-0.3, -0.25) is 0 Å². The van der Waals surface area contributed by atoms with Gasteiger partial charge in [-0.15, -0.1) is 0 Å². The number of anilines is 1. The SMILES string of the molecule is Cc1cc(C)nc(N(CCCN)CC(C)C)n1. The van der Waals surface area contributed by atoms with Crippen molar-refractivity contribution in [1.82, 2.24) is 9.97 Å². The van der Waals surface area contributed by atoms with Crippen LogP contribution in [0.5, 0.6) is 0 Å². The van der Waals surface area contributed by atoms with E-state index in [4.69, 9.17) is 5.73 Å². The van der Waals surface area contributed by atoms with Crippen molar-refractivity contribution < 1.29 is 0 Å². The van der Waals surface area contributed by atoms with Crippen LogP contribution in [0.2, 0.25) is 0 Å². The molecule has 1 aromatic rings. The molecule has 0 saturated carbocycles. The van der Waals surface area contributed by atoms with Crippen molar-refractivity contribution in [1.29, 1.82) is 0 Å². The molecular formula is C13H24N4. The van der Waals surface area contributed by atoms with E-state index in [1.807, 2.05) is 19.9 Å². The summed E-state index contributed by atoms with van der Waals surface area (Å²) < 4.78 is 0. The Morgan fingerprint density at radius 2 is 1.82 bits per heavy atom. The highest BCUT2D eigenvalue weighted by molar-refractivity contribution is 5.32. The summed E-state index contributed by atoms with van der Waals surface area (Å²) in [6.07, 6.45) is 0.975. The Labute approximate surface area is 104 Å². The second-order valence-electron chi connectivity index (χ2n) is 4.93. The summed E-state index contributed by atoms with van der Waals surface area (Å²) in [6, 6.07) is 2.00. The van der Waals surface area contributed by atoms with Crippen LogP contribution in [-0.2, 0) is 0 Å². The van der Waals surface area contributed by atoms with Gasteiger partial charge in [-0.1, -0.05) is 13.8 Å². The third-order valence-electron chi connectivity index (χ3n) is 2.47. The third kappa shape index (κ3) is 4.69. The first kappa shape index (κ1) is 13.9. The summed E-state index contributed by atoms with van der Waals surface area (Å²) in [6.45, 7) is 11.0. The molecule has 0 spiro atoms. The molecule has 0 amide bonds. The first-order valence-corrected chi connectivity index (χ1v) is 6.30. The van der Waals surface area contributed by atoms with Crippen LogP contribution in [-0.4, -0.2) is 29.6 Å². The molecule has 4 heteroatoms. The third-order valence-corrected chi connectivity index (χ3v) is 2.47. The van der Waals surface area contributed by atoms with Gasteiger partial charge in [0.15, 0.2) is 0 Å². The lowest BCUT2D eigenvalue weighted by molar-refractivity contribution is 0.590. The van der Waals surface area contributed by atoms with E-state index in [2.05, 4.69) is 28.7 Å². The molecule has 0 aliphatic heterocycles. The molecule has 0 bridgehead atoms. The quantitative estimate of drug-likeness (QED) is 0.819. The van der Waals surface area contributed by atoms with Crippen LogP contribution in [0.25, 0.3) is 0 Å². The normalized spacial score (nSPS) is 10.9. The Hall–Kier alpha value is -1.16. The minimum atomic E-state index is 0.595. The second-order valence-corrected chi connectivity index (χ2v) is 4.93. The second kappa shape index (κ2) is 6.55. The maximum Gasteiger partial charge on any atom is 0.225 e. The highest BCUT2D eigenvalue weighted by atomic mass is 15.2. The zero-order chi connectivity index (χ0) is 12.8. The lowest BCUT2D eigenvalue weighted by Gasteiger charge is -2.24. The maximum absolute atomic E-state index is 5.58. The summed E-state index contributed by atoms with van der Waals surface area (Å²) in [5, 5.41) is 0. The summed E-state index contributed by atoms with van der Waals surface area (Å²) in [5.74, 6) is 1.43. The fourth-order valence-electron chi connectivity index (χ4n) is 1.84.